The van der Waals surface area contributed by atoms with Gasteiger partial charge in [-0.3, -0.25) is 0 Å². The van der Waals surface area contributed by atoms with Crippen LogP contribution < -0.4 is 5.32 Å². The highest BCUT2D eigenvalue weighted by Crippen LogP contribution is 2.38. The fourth-order valence-corrected chi connectivity index (χ4v) is 3.41. The molecule has 0 spiro atoms. The Bertz CT molecular complexity index is 201. The predicted octanol–water partition coefficient (Wildman–Crippen LogP) is 4.06. The molecule has 1 rings (SSSR count). The Morgan fingerprint density at radius 3 is 2.00 bits per heavy atom. The van der Waals surface area contributed by atoms with Gasteiger partial charge in [0.1, 0.15) is 0 Å². The van der Waals surface area contributed by atoms with Gasteiger partial charge in [0.05, 0.1) is 0 Å². The molecule has 19 heavy (non-hydrogen) atoms. The smallest absolute Gasteiger partial charge is 0.00501 e. The van der Waals surface area contributed by atoms with Crippen LogP contribution in [0.4, 0.5) is 0 Å². The molecule has 1 aliphatic carbocycles. The third kappa shape index (κ3) is 6.27. The van der Waals surface area contributed by atoms with Crippen LogP contribution in [0.1, 0.15) is 72.1 Å². The molecule has 0 heterocycles. The SMILES string of the molecule is CCCCN(CCCC)CC1(CNCC)CCCC1. The van der Waals surface area contributed by atoms with Gasteiger partial charge in [0.25, 0.3) is 0 Å². The van der Waals surface area contributed by atoms with Crippen LogP contribution >= 0.6 is 0 Å². The Labute approximate surface area is 121 Å². The quantitative estimate of drug-likeness (QED) is 0.608. The fourth-order valence-electron chi connectivity index (χ4n) is 3.41. The third-order valence-corrected chi connectivity index (χ3v) is 4.63. The number of rotatable bonds is 11. The summed E-state index contributed by atoms with van der Waals surface area (Å²) in [7, 11) is 0. The molecule has 0 amide bonds. The van der Waals surface area contributed by atoms with Gasteiger partial charge in [-0.2, -0.15) is 0 Å². The summed E-state index contributed by atoms with van der Waals surface area (Å²) in [5.74, 6) is 0. The average molecular weight is 268 g/mol. The monoisotopic (exact) mass is 268 g/mol. The largest absolute Gasteiger partial charge is 0.316 e. The Morgan fingerprint density at radius 2 is 1.53 bits per heavy atom. The van der Waals surface area contributed by atoms with Crippen LogP contribution in [0.2, 0.25) is 0 Å². The van der Waals surface area contributed by atoms with Gasteiger partial charge in [0.2, 0.25) is 0 Å². The van der Waals surface area contributed by atoms with Crippen LogP contribution in [-0.4, -0.2) is 37.6 Å². The standard InChI is InChI=1S/C17H36N2/c1-4-7-13-19(14-8-5-2)16-17(15-18-6-3)11-9-10-12-17/h18H,4-16H2,1-3H3. The maximum Gasteiger partial charge on any atom is 0.00501 e. The van der Waals surface area contributed by atoms with Crippen molar-refractivity contribution >= 4 is 0 Å². The highest BCUT2D eigenvalue weighted by molar-refractivity contribution is 4.89. The van der Waals surface area contributed by atoms with E-state index in [1.807, 2.05) is 0 Å². The van der Waals surface area contributed by atoms with Gasteiger partial charge in [-0.1, -0.05) is 46.5 Å². The van der Waals surface area contributed by atoms with Crippen LogP contribution in [-0.2, 0) is 0 Å². The third-order valence-electron chi connectivity index (χ3n) is 4.63. The first kappa shape index (κ1) is 17.0. The van der Waals surface area contributed by atoms with E-state index < -0.39 is 0 Å². The first-order valence-electron chi connectivity index (χ1n) is 8.69. The number of unbranched alkanes of at least 4 members (excludes halogenated alkanes) is 2. The Hall–Kier alpha value is -0.0800. The molecule has 0 aromatic rings. The van der Waals surface area contributed by atoms with Crippen LogP contribution in [0.15, 0.2) is 0 Å². The highest BCUT2D eigenvalue weighted by atomic mass is 15.1. The first-order valence-corrected chi connectivity index (χ1v) is 8.69. The van der Waals surface area contributed by atoms with E-state index in [-0.39, 0.29) is 0 Å². The maximum absolute atomic E-state index is 3.62. The molecule has 0 aromatic carbocycles. The van der Waals surface area contributed by atoms with Crippen molar-refractivity contribution in [2.45, 2.75) is 72.1 Å². The molecule has 0 aromatic heterocycles. The Kier molecular flexibility index (Phi) is 8.72. The van der Waals surface area contributed by atoms with Gasteiger partial charge >= 0.3 is 0 Å². The van der Waals surface area contributed by atoms with Crippen molar-refractivity contribution in [1.82, 2.24) is 10.2 Å². The summed E-state index contributed by atoms with van der Waals surface area (Å²) in [4.78, 5) is 2.76. The maximum atomic E-state index is 3.62. The number of hydrogen-bond acceptors (Lipinski definition) is 2. The second kappa shape index (κ2) is 9.77. The number of nitrogens with zero attached hydrogens (tertiary/aromatic N) is 1. The highest BCUT2D eigenvalue weighted by Gasteiger charge is 2.34. The molecule has 0 bridgehead atoms. The molecule has 1 N–H and O–H groups in total. The zero-order chi connectivity index (χ0) is 14.0. The molecule has 1 aliphatic rings. The average Bonchev–Trinajstić information content (AvgIpc) is 2.88. The molecule has 2 heteroatoms. The van der Waals surface area contributed by atoms with E-state index in [1.165, 1.54) is 77.5 Å². The van der Waals surface area contributed by atoms with E-state index in [2.05, 4.69) is 31.0 Å². The van der Waals surface area contributed by atoms with Gasteiger partial charge in [0, 0.05) is 13.1 Å². The second-order valence-corrected chi connectivity index (χ2v) is 6.47. The van der Waals surface area contributed by atoms with Gasteiger partial charge in [-0.05, 0) is 50.7 Å². The molecule has 0 saturated heterocycles. The summed E-state index contributed by atoms with van der Waals surface area (Å²) in [5, 5.41) is 3.62. The lowest BCUT2D eigenvalue weighted by Crippen LogP contribution is -2.43. The Morgan fingerprint density at radius 1 is 0.947 bits per heavy atom. The Balaban J connectivity index is 2.50. The number of nitrogens with one attached hydrogen (secondary N) is 1. The van der Waals surface area contributed by atoms with E-state index >= 15 is 0 Å². The normalized spacial score (nSPS) is 18.3. The molecule has 0 radical (unpaired) electrons. The van der Waals surface area contributed by atoms with Crippen molar-refractivity contribution in [3.63, 3.8) is 0 Å². The molecule has 1 saturated carbocycles. The van der Waals surface area contributed by atoms with E-state index in [9.17, 15) is 0 Å². The van der Waals surface area contributed by atoms with Crippen molar-refractivity contribution in [2.24, 2.45) is 5.41 Å². The molecular formula is C17H36N2. The number of hydrogen-bond donors (Lipinski definition) is 1. The van der Waals surface area contributed by atoms with Crippen LogP contribution in [0.3, 0.4) is 0 Å². The van der Waals surface area contributed by atoms with Gasteiger partial charge < -0.3 is 10.2 Å². The van der Waals surface area contributed by atoms with Crippen molar-refractivity contribution in [3.05, 3.63) is 0 Å². The molecule has 0 atom stereocenters. The summed E-state index contributed by atoms with van der Waals surface area (Å²) in [6, 6.07) is 0. The summed E-state index contributed by atoms with van der Waals surface area (Å²) >= 11 is 0. The first-order chi connectivity index (χ1) is 9.26. The zero-order valence-corrected chi connectivity index (χ0v) is 13.6. The van der Waals surface area contributed by atoms with Crippen molar-refractivity contribution < 1.29 is 0 Å². The summed E-state index contributed by atoms with van der Waals surface area (Å²) < 4.78 is 0. The van der Waals surface area contributed by atoms with E-state index in [4.69, 9.17) is 0 Å². The fraction of sp³-hybridized carbons (Fsp3) is 1.00. The lowest BCUT2D eigenvalue weighted by atomic mass is 9.85. The van der Waals surface area contributed by atoms with E-state index in [0.717, 1.165) is 6.54 Å². The van der Waals surface area contributed by atoms with Gasteiger partial charge in [-0.15, -0.1) is 0 Å². The molecule has 0 unspecified atom stereocenters. The van der Waals surface area contributed by atoms with Crippen LogP contribution in [0, 0.1) is 5.41 Å². The van der Waals surface area contributed by atoms with Crippen molar-refractivity contribution in [2.75, 3.05) is 32.7 Å². The summed E-state index contributed by atoms with van der Waals surface area (Å²) in [6.45, 7) is 13.2. The summed E-state index contributed by atoms with van der Waals surface area (Å²) in [6.07, 6.45) is 11.1. The van der Waals surface area contributed by atoms with Gasteiger partial charge in [-0.25, -0.2) is 0 Å². The lowest BCUT2D eigenvalue weighted by molar-refractivity contribution is 0.146. The molecule has 1 fully saturated rings. The van der Waals surface area contributed by atoms with Crippen LogP contribution in [0.5, 0.6) is 0 Å². The molecular weight excluding hydrogens is 232 g/mol. The zero-order valence-electron chi connectivity index (χ0n) is 13.6. The molecule has 2 nitrogen and oxygen atoms in total. The summed E-state index contributed by atoms with van der Waals surface area (Å²) in [5.41, 5.74) is 0.581. The predicted molar refractivity (Wildman–Crippen MR) is 85.7 cm³/mol. The minimum Gasteiger partial charge on any atom is -0.316 e. The molecule has 0 aliphatic heterocycles. The minimum atomic E-state index is 0.581. The lowest BCUT2D eigenvalue weighted by Gasteiger charge is -2.36. The van der Waals surface area contributed by atoms with Crippen LogP contribution in [0.25, 0.3) is 0 Å². The topological polar surface area (TPSA) is 15.3 Å². The molecule has 114 valence electrons. The van der Waals surface area contributed by atoms with Crippen molar-refractivity contribution in [3.8, 4) is 0 Å². The van der Waals surface area contributed by atoms with E-state index in [0.29, 0.717) is 5.41 Å². The van der Waals surface area contributed by atoms with Gasteiger partial charge in [0.15, 0.2) is 0 Å². The van der Waals surface area contributed by atoms with E-state index in [1.54, 1.807) is 0 Å². The minimum absolute atomic E-state index is 0.581. The second-order valence-electron chi connectivity index (χ2n) is 6.47. The van der Waals surface area contributed by atoms with Crippen molar-refractivity contribution in [1.29, 1.82) is 0 Å².